The zero-order valence-corrected chi connectivity index (χ0v) is 15.0. The van der Waals surface area contributed by atoms with E-state index in [4.69, 9.17) is 22.7 Å². The highest BCUT2D eigenvalue weighted by molar-refractivity contribution is 7.81. The largest absolute Gasteiger partial charge is 0.492 e. The lowest BCUT2D eigenvalue weighted by atomic mass is 10.0. The summed E-state index contributed by atoms with van der Waals surface area (Å²) in [6.45, 7) is 6.91. The van der Waals surface area contributed by atoms with Crippen LogP contribution < -0.4 is 10.5 Å². The van der Waals surface area contributed by atoms with Gasteiger partial charge in [0.1, 0.15) is 18.2 Å². The summed E-state index contributed by atoms with van der Waals surface area (Å²) in [5.41, 5.74) is 9.00. The number of rotatable bonds is 3. The molecule has 1 aliphatic carbocycles. The van der Waals surface area contributed by atoms with Crippen LogP contribution in [0.25, 0.3) is 0 Å². The standard InChI is InChI=1S/C19H23N3OS/c1-13(2)22-9-10-23-17-8-7-15(11-14(17)12-22)21-19(20)16-5-3-4-6-18(16)24/h3-5,7-8,11,13H,6,9-10,12H2,1-2H3,(H2,20,21). The molecule has 1 aromatic carbocycles. The number of nitrogens with zero attached hydrogens (tertiary/aromatic N) is 2. The maximum Gasteiger partial charge on any atom is 0.132 e. The van der Waals surface area contributed by atoms with Crippen LogP contribution in [0, 0.1) is 0 Å². The predicted molar refractivity (Wildman–Crippen MR) is 103 cm³/mol. The lowest BCUT2D eigenvalue weighted by molar-refractivity contribution is 0.189. The average molecular weight is 341 g/mol. The summed E-state index contributed by atoms with van der Waals surface area (Å²) in [6, 6.07) is 6.47. The molecule has 0 atom stereocenters. The molecule has 5 heteroatoms. The van der Waals surface area contributed by atoms with Gasteiger partial charge in [0, 0.05) is 41.6 Å². The van der Waals surface area contributed by atoms with Crippen molar-refractivity contribution in [2.75, 3.05) is 13.2 Å². The normalized spacial score (nSPS) is 18.9. The van der Waals surface area contributed by atoms with E-state index in [9.17, 15) is 0 Å². The van der Waals surface area contributed by atoms with Crippen LogP contribution in [0.5, 0.6) is 5.75 Å². The van der Waals surface area contributed by atoms with Crippen LogP contribution in [0.1, 0.15) is 25.8 Å². The second-order valence-electron chi connectivity index (χ2n) is 6.34. The summed E-state index contributed by atoms with van der Waals surface area (Å²) in [5.74, 6) is 1.41. The number of benzene rings is 1. The highest BCUT2D eigenvalue weighted by Crippen LogP contribution is 2.28. The summed E-state index contributed by atoms with van der Waals surface area (Å²) in [5, 5.41) is 0. The highest BCUT2D eigenvalue weighted by atomic mass is 32.1. The molecule has 0 saturated carbocycles. The molecule has 4 nitrogen and oxygen atoms in total. The van der Waals surface area contributed by atoms with Crippen LogP contribution >= 0.6 is 12.2 Å². The van der Waals surface area contributed by atoms with E-state index in [-0.39, 0.29) is 0 Å². The van der Waals surface area contributed by atoms with Crippen molar-refractivity contribution in [1.29, 1.82) is 0 Å². The fraction of sp³-hybridized carbons (Fsp3) is 0.368. The number of nitrogens with two attached hydrogens (primary N) is 1. The van der Waals surface area contributed by atoms with Crippen LogP contribution in [0.2, 0.25) is 0 Å². The molecule has 0 saturated heterocycles. The average Bonchev–Trinajstić information content (AvgIpc) is 2.77. The van der Waals surface area contributed by atoms with Gasteiger partial charge in [-0.1, -0.05) is 30.4 Å². The summed E-state index contributed by atoms with van der Waals surface area (Å²) in [6.07, 6.45) is 6.68. The molecule has 0 aromatic heterocycles. The molecule has 0 radical (unpaired) electrons. The van der Waals surface area contributed by atoms with Crippen molar-refractivity contribution in [2.24, 2.45) is 10.7 Å². The number of hydrogen-bond donors (Lipinski definition) is 1. The van der Waals surface area contributed by atoms with Crippen LogP contribution in [-0.4, -0.2) is 34.8 Å². The predicted octanol–water partition coefficient (Wildman–Crippen LogP) is 3.53. The van der Waals surface area contributed by atoms with Crippen molar-refractivity contribution < 1.29 is 4.74 Å². The number of amidine groups is 1. The van der Waals surface area contributed by atoms with Crippen LogP contribution in [0.4, 0.5) is 5.69 Å². The molecular formula is C19H23N3OS. The Morgan fingerprint density at radius 3 is 2.96 bits per heavy atom. The first-order valence-electron chi connectivity index (χ1n) is 8.29. The molecule has 0 fully saturated rings. The second-order valence-corrected chi connectivity index (χ2v) is 6.83. The maximum atomic E-state index is 6.17. The fourth-order valence-electron chi connectivity index (χ4n) is 2.88. The molecule has 3 rings (SSSR count). The van der Waals surface area contributed by atoms with E-state index in [1.165, 1.54) is 0 Å². The number of fused-ring (bicyclic) bond motifs is 1. The van der Waals surface area contributed by atoms with E-state index in [2.05, 4.69) is 29.8 Å². The second kappa shape index (κ2) is 7.28. The third-order valence-electron chi connectivity index (χ3n) is 4.31. The Kier molecular flexibility index (Phi) is 5.11. The van der Waals surface area contributed by atoms with Gasteiger partial charge >= 0.3 is 0 Å². The summed E-state index contributed by atoms with van der Waals surface area (Å²) >= 11 is 5.37. The van der Waals surface area contributed by atoms with E-state index >= 15 is 0 Å². The Bertz CT molecular complexity index is 734. The topological polar surface area (TPSA) is 50.8 Å². The zero-order valence-electron chi connectivity index (χ0n) is 14.2. The van der Waals surface area contributed by atoms with Gasteiger partial charge < -0.3 is 10.5 Å². The molecule has 126 valence electrons. The minimum Gasteiger partial charge on any atom is -0.492 e. The molecule has 0 bridgehead atoms. The van der Waals surface area contributed by atoms with Crippen molar-refractivity contribution in [3.8, 4) is 5.75 Å². The number of allylic oxidation sites excluding steroid dienone is 3. The van der Waals surface area contributed by atoms with Gasteiger partial charge in [-0.25, -0.2) is 4.99 Å². The van der Waals surface area contributed by atoms with E-state index in [1.807, 2.05) is 30.4 Å². The number of aliphatic imine (C=N–C) groups is 1. The Morgan fingerprint density at radius 2 is 2.21 bits per heavy atom. The minimum atomic E-state index is 0.472. The summed E-state index contributed by atoms with van der Waals surface area (Å²) < 4.78 is 5.86. The molecule has 1 aliphatic heterocycles. The Balaban J connectivity index is 1.88. The van der Waals surface area contributed by atoms with Crippen LogP contribution in [0.15, 0.2) is 47.0 Å². The van der Waals surface area contributed by atoms with Crippen molar-refractivity contribution >= 4 is 28.6 Å². The molecule has 24 heavy (non-hydrogen) atoms. The first-order valence-corrected chi connectivity index (χ1v) is 8.70. The summed E-state index contributed by atoms with van der Waals surface area (Å²) in [4.78, 5) is 7.80. The van der Waals surface area contributed by atoms with E-state index in [1.54, 1.807) is 0 Å². The molecule has 1 aromatic rings. The number of ether oxygens (including phenoxy) is 1. The van der Waals surface area contributed by atoms with Crippen molar-refractivity contribution in [3.05, 3.63) is 47.6 Å². The molecule has 2 aliphatic rings. The number of hydrogen-bond acceptors (Lipinski definition) is 4. The van der Waals surface area contributed by atoms with Gasteiger partial charge in [-0.3, -0.25) is 4.90 Å². The smallest absolute Gasteiger partial charge is 0.132 e. The molecular weight excluding hydrogens is 318 g/mol. The van der Waals surface area contributed by atoms with E-state index in [0.717, 1.165) is 46.9 Å². The summed E-state index contributed by atoms with van der Waals surface area (Å²) in [7, 11) is 0. The molecule has 0 amide bonds. The molecule has 1 heterocycles. The first kappa shape index (κ1) is 16.9. The van der Waals surface area contributed by atoms with Gasteiger partial charge in [-0.05, 0) is 32.0 Å². The van der Waals surface area contributed by atoms with Crippen molar-refractivity contribution in [2.45, 2.75) is 32.9 Å². The molecule has 0 spiro atoms. The van der Waals surface area contributed by atoms with E-state index in [0.29, 0.717) is 18.5 Å². The van der Waals surface area contributed by atoms with Gasteiger partial charge in [0.25, 0.3) is 0 Å². The van der Waals surface area contributed by atoms with E-state index < -0.39 is 0 Å². The van der Waals surface area contributed by atoms with Crippen molar-refractivity contribution in [3.63, 3.8) is 0 Å². The van der Waals surface area contributed by atoms with Gasteiger partial charge in [-0.2, -0.15) is 0 Å². The monoisotopic (exact) mass is 341 g/mol. The van der Waals surface area contributed by atoms with Gasteiger partial charge in [0.15, 0.2) is 0 Å². The lowest BCUT2D eigenvalue weighted by Gasteiger charge is -2.23. The maximum absolute atomic E-state index is 6.17. The van der Waals surface area contributed by atoms with Crippen LogP contribution in [0.3, 0.4) is 0 Å². The van der Waals surface area contributed by atoms with Gasteiger partial charge in [-0.15, -0.1) is 0 Å². The SMILES string of the molecule is CC(C)N1CCOc2ccc(N=C(N)C3=CC=CCC3=S)cc2C1. The molecule has 2 N–H and O–H groups in total. The zero-order chi connectivity index (χ0) is 17.1. The quantitative estimate of drug-likeness (QED) is 0.519. The van der Waals surface area contributed by atoms with Crippen LogP contribution in [-0.2, 0) is 6.54 Å². The third kappa shape index (κ3) is 3.74. The Hall–Kier alpha value is -1.98. The van der Waals surface area contributed by atoms with Crippen molar-refractivity contribution in [1.82, 2.24) is 4.90 Å². The third-order valence-corrected chi connectivity index (χ3v) is 4.70. The van der Waals surface area contributed by atoms with Gasteiger partial charge in [0.05, 0.1) is 5.69 Å². The minimum absolute atomic E-state index is 0.472. The Morgan fingerprint density at radius 1 is 1.38 bits per heavy atom. The fourth-order valence-corrected chi connectivity index (χ4v) is 3.15. The Labute approximate surface area is 148 Å². The first-order chi connectivity index (χ1) is 11.5. The number of thiocarbonyl (C=S) groups is 1. The lowest BCUT2D eigenvalue weighted by Crippen LogP contribution is -2.32. The highest BCUT2D eigenvalue weighted by Gasteiger charge is 2.18. The van der Waals surface area contributed by atoms with Gasteiger partial charge in [0.2, 0.25) is 0 Å². The molecule has 0 unspecified atom stereocenters.